The zero-order valence-electron chi connectivity index (χ0n) is 10.4. The van der Waals surface area contributed by atoms with E-state index in [4.69, 9.17) is 23.2 Å². The summed E-state index contributed by atoms with van der Waals surface area (Å²) < 4.78 is 0. The Morgan fingerprint density at radius 3 is 2.53 bits per heavy atom. The molecule has 0 bridgehead atoms. The van der Waals surface area contributed by atoms with Crippen molar-refractivity contribution < 1.29 is 0 Å². The molecular weight excluding hydrogens is 253 g/mol. The Bertz CT molecular complexity index is 399. The van der Waals surface area contributed by atoms with E-state index in [1.165, 1.54) is 24.8 Å². The lowest BCUT2D eigenvalue weighted by atomic mass is 10.0. The van der Waals surface area contributed by atoms with Crippen LogP contribution in [0.25, 0.3) is 0 Å². The molecule has 2 rings (SSSR count). The van der Waals surface area contributed by atoms with Crippen LogP contribution in [0.2, 0.25) is 10.0 Å². The number of hydrogen-bond donors (Lipinski definition) is 1. The maximum Gasteiger partial charge on any atom is 0.0595 e. The molecule has 0 aromatic heterocycles. The minimum Gasteiger partial charge on any atom is -0.310 e. The molecule has 0 amide bonds. The normalized spacial score (nSPS) is 19.1. The van der Waals surface area contributed by atoms with Crippen LogP contribution in [0.4, 0.5) is 0 Å². The molecule has 1 nitrogen and oxygen atoms in total. The first-order valence-electron chi connectivity index (χ1n) is 6.25. The van der Waals surface area contributed by atoms with Crippen molar-refractivity contribution in [3.63, 3.8) is 0 Å². The van der Waals surface area contributed by atoms with Crippen LogP contribution in [0, 0.1) is 5.41 Å². The second-order valence-corrected chi connectivity index (χ2v) is 5.94. The Labute approximate surface area is 114 Å². The molecule has 3 heteroatoms. The molecule has 0 saturated heterocycles. The van der Waals surface area contributed by atoms with E-state index >= 15 is 0 Å². The predicted octanol–water partition coefficient (Wildman–Crippen LogP) is 4.83. The highest BCUT2D eigenvalue weighted by Gasteiger charge is 2.40. The van der Waals surface area contributed by atoms with Gasteiger partial charge in [-0.2, -0.15) is 0 Å². The topological polar surface area (TPSA) is 12.0 Å². The molecular formula is C14H19Cl2N. The van der Waals surface area contributed by atoms with Gasteiger partial charge in [0, 0.05) is 12.6 Å². The third kappa shape index (κ3) is 3.15. The second kappa shape index (κ2) is 5.17. The molecule has 1 saturated carbocycles. The van der Waals surface area contributed by atoms with Crippen LogP contribution in [0.15, 0.2) is 18.2 Å². The third-order valence-corrected chi connectivity index (χ3v) is 4.67. The van der Waals surface area contributed by atoms with E-state index < -0.39 is 0 Å². The van der Waals surface area contributed by atoms with Gasteiger partial charge in [0.25, 0.3) is 0 Å². The lowest BCUT2D eigenvalue weighted by Gasteiger charge is -2.19. The average Bonchev–Trinajstić information content (AvgIpc) is 3.10. The Morgan fingerprint density at radius 2 is 2.00 bits per heavy atom. The van der Waals surface area contributed by atoms with Crippen molar-refractivity contribution in [2.45, 2.75) is 39.2 Å². The van der Waals surface area contributed by atoms with Gasteiger partial charge in [0.1, 0.15) is 0 Å². The minimum atomic E-state index is 0.328. The number of benzene rings is 1. The first-order valence-corrected chi connectivity index (χ1v) is 7.00. The van der Waals surface area contributed by atoms with Crippen molar-refractivity contribution in [1.29, 1.82) is 0 Å². The Balaban J connectivity index is 1.95. The van der Waals surface area contributed by atoms with Crippen molar-refractivity contribution in [2.75, 3.05) is 6.54 Å². The van der Waals surface area contributed by atoms with Crippen molar-refractivity contribution >= 4 is 23.2 Å². The van der Waals surface area contributed by atoms with Crippen LogP contribution in [0.1, 0.15) is 44.7 Å². The SMILES string of the molecule is CCC1(CNC(C)c2ccc(Cl)c(Cl)c2)CC1. The van der Waals surface area contributed by atoms with Gasteiger partial charge in [-0.1, -0.05) is 36.2 Å². The summed E-state index contributed by atoms with van der Waals surface area (Å²) in [4.78, 5) is 0. The van der Waals surface area contributed by atoms with Crippen molar-refractivity contribution in [3.05, 3.63) is 33.8 Å². The lowest BCUT2D eigenvalue weighted by Crippen LogP contribution is -2.26. The summed E-state index contributed by atoms with van der Waals surface area (Å²) in [5, 5.41) is 4.85. The second-order valence-electron chi connectivity index (χ2n) is 5.13. The number of rotatable bonds is 5. The molecule has 1 aliphatic rings. The Morgan fingerprint density at radius 1 is 1.29 bits per heavy atom. The van der Waals surface area contributed by atoms with E-state index in [1.54, 1.807) is 0 Å². The zero-order valence-corrected chi connectivity index (χ0v) is 11.9. The summed E-state index contributed by atoms with van der Waals surface area (Å²) >= 11 is 11.9. The highest BCUT2D eigenvalue weighted by molar-refractivity contribution is 6.42. The van der Waals surface area contributed by atoms with E-state index in [1.807, 2.05) is 18.2 Å². The molecule has 1 unspecified atom stereocenters. The molecule has 1 atom stereocenters. The van der Waals surface area contributed by atoms with Crippen molar-refractivity contribution in [1.82, 2.24) is 5.32 Å². The van der Waals surface area contributed by atoms with Crippen LogP contribution in [-0.2, 0) is 0 Å². The molecule has 1 N–H and O–H groups in total. The predicted molar refractivity (Wildman–Crippen MR) is 74.8 cm³/mol. The maximum absolute atomic E-state index is 6.03. The Hall–Kier alpha value is -0.240. The van der Waals surface area contributed by atoms with Gasteiger partial charge >= 0.3 is 0 Å². The highest BCUT2D eigenvalue weighted by Crippen LogP contribution is 2.48. The van der Waals surface area contributed by atoms with Gasteiger partial charge in [-0.15, -0.1) is 0 Å². The molecule has 0 radical (unpaired) electrons. The molecule has 1 aromatic rings. The smallest absolute Gasteiger partial charge is 0.0595 e. The maximum atomic E-state index is 6.03. The van der Waals surface area contributed by atoms with Crippen LogP contribution in [-0.4, -0.2) is 6.54 Å². The standard InChI is InChI=1S/C14H19Cl2N/c1-3-14(6-7-14)9-17-10(2)11-4-5-12(15)13(16)8-11/h4-5,8,10,17H,3,6-7,9H2,1-2H3. The minimum absolute atomic E-state index is 0.328. The molecule has 1 aliphatic carbocycles. The van der Waals surface area contributed by atoms with E-state index in [0.717, 1.165) is 6.54 Å². The molecule has 1 fully saturated rings. The molecule has 0 aliphatic heterocycles. The van der Waals surface area contributed by atoms with Gasteiger partial charge in [-0.25, -0.2) is 0 Å². The van der Waals surface area contributed by atoms with E-state index in [9.17, 15) is 0 Å². The summed E-state index contributed by atoms with van der Waals surface area (Å²) in [6, 6.07) is 6.18. The van der Waals surface area contributed by atoms with Crippen molar-refractivity contribution in [2.24, 2.45) is 5.41 Å². The van der Waals surface area contributed by atoms with Gasteiger partial charge in [0.15, 0.2) is 0 Å². The fourth-order valence-electron chi connectivity index (χ4n) is 2.10. The summed E-state index contributed by atoms with van der Waals surface area (Å²) in [5.74, 6) is 0. The molecule has 1 aromatic carbocycles. The molecule has 0 heterocycles. The highest BCUT2D eigenvalue weighted by atomic mass is 35.5. The van der Waals surface area contributed by atoms with Crippen LogP contribution < -0.4 is 5.32 Å². The number of hydrogen-bond acceptors (Lipinski definition) is 1. The first kappa shape index (κ1) is 13.2. The summed E-state index contributed by atoms with van der Waals surface area (Å²) in [6.45, 7) is 5.55. The van der Waals surface area contributed by atoms with Crippen LogP contribution in [0.5, 0.6) is 0 Å². The van der Waals surface area contributed by atoms with Gasteiger partial charge in [0.05, 0.1) is 10.0 Å². The third-order valence-electron chi connectivity index (χ3n) is 3.93. The average molecular weight is 272 g/mol. The number of nitrogens with one attached hydrogen (secondary N) is 1. The summed E-state index contributed by atoms with van der Waals surface area (Å²) in [7, 11) is 0. The first-order chi connectivity index (χ1) is 8.06. The van der Waals surface area contributed by atoms with Crippen molar-refractivity contribution in [3.8, 4) is 0 Å². The van der Waals surface area contributed by atoms with Gasteiger partial charge in [-0.3, -0.25) is 0 Å². The van der Waals surface area contributed by atoms with E-state index in [-0.39, 0.29) is 0 Å². The summed E-state index contributed by atoms with van der Waals surface area (Å²) in [5.41, 5.74) is 1.77. The van der Waals surface area contributed by atoms with Gasteiger partial charge in [-0.05, 0) is 49.3 Å². The molecule has 17 heavy (non-hydrogen) atoms. The van der Waals surface area contributed by atoms with E-state index in [2.05, 4.69) is 19.2 Å². The molecule has 0 spiro atoms. The fraction of sp³-hybridized carbons (Fsp3) is 0.571. The largest absolute Gasteiger partial charge is 0.310 e. The zero-order chi connectivity index (χ0) is 12.5. The van der Waals surface area contributed by atoms with Crippen LogP contribution >= 0.6 is 23.2 Å². The Kier molecular flexibility index (Phi) is 4.02. The van der Waals surface area contributed by atoms with Crippen LogP contribution in [0.3, 0.4) is 0 Å². The quantitative estimate of drug-likeness (QED) is 0.809. The summed E-state index contributed by atoms with van der Waals surface area (Å²) in [6.07, 6.45) is 4.00. The van der Waals surface area contributed by atoms with E-state index in [0.29, 0.717) is 21.5 Å². The van der Waals surface area contributed by atoms with Gasteiger partial charge < -0.3 is 5.32 Å². The monoisotopic (exact) mass is 271 g/mol. The lowest BCUT2D eigenvalue weighted by molar-refractivity contribution is 0.415. The van der Waals surface area contributed by atoms with Gasteiger partial charge in [0.2, 0.25) is 0 Å². The molecule has 94 valence electrons. The fourth-order valence-corrected chi connectivity index (χ4v) is 2.41. The number of halogens is 2.